The van der Waals surface area contributed by atoms with Gasteiger partial charge in [0.15, 0.2) is 0 Å². The van der Waals surface area contributed by atoms with Gasteiger partial charge in [0.1, 0.15) is 22.2 Å². The van der Waals surface area contributed by atoms with E-state index in [0.29, 0.717) is 29.5 Å². The van der Waals surface area contributed by atoms with Crippen molar-refractivity contribution in [1.82, 2.24) is 24.8 Å². The highest BCUT2D eigenvalue weighted by Crippen LogP contribution is 2.22. The summed E-state index contributed by atoms with van der Waals surface area (Å²) in [6, 6.07) is 5.87. The molecule has 0 saturated carbocycles. The Morgan fingerprint density at radius 3 is 2.64 bits per heavy atom. The molecule has 1 saturated heterocycles. The quantitative estimate of drug-likeness (QED) is 0.717. The lowest BCUT2D eigenvalue weighted by molar-refractivity contribution is 0.0741. The molecule has 0 unspecified atom stereocenters. The van der Waals surface area contributed by atoms with E-state index >= 15 is 0 Å². The van der Waals surface area contributed by atoms with Crippen molar-refractivity contribution in [3.8, 4) is 10.7 Å². The third-order valence-corrected chi connectivity index (χ3v) is 4.91. The number of piperazine rings is 1. The van der Waals surface area contributed by atoms with Crippen LogP contribution in [0.5, 0.6) is 0 Å². The van der Waals surface area contributed by atoms with Gasteiger partial charge in [0.05, 0.1) is 6.20 Å². The number of carbonyl (C=O) groups excluding carboxylic acids is 1. The Balaban J connectivity index is 1.42. The van der Waals surface area contributed by atoms with Crippen LogP contribution in [-0.2, 0) is 0 Å². The van der Waals surface area contributed by atoms with Gasteiger partial charge in [-0.15, -0.1) is 11.3 Å². The van der Waals surface area contributed by atoms with E-state index in [4.69, 9.17) is 0 Å². The molecular weight excluding hydrogens is 336 g/mol. The molecule has 1 aliphatic rings. The first kappa shape index (κ1) is 15.6. The second kappa shape index (κ2) is 6.94. The monoisotopic (exact) mass is 352 g/mol. The molecule has 1 amide bonds. The van der Waals surface area contributed by atoms with Crippen molar-refractivity contribution in [3.63, 3.8) is 0 Å². The van der Waals surface area contributed by atoms with Crippen molar-refractivity contribution in [3.05, 3.63) is 54.1 Å². The summed E-state index contributed by atoms with van der Waals surface area (Å²) in [6.07, 6.45) is 6.67. The Kier molecular flexibility index (Phi) is 4.34. The minimum absolute atomic E-state index is 0.0351. The maximum absolute atomic E-state index is 12.7. The van der Waals surface area contributed by atoms with Crippen LogP contribution in [0.15, 0.2) is 48.4 Å². The molecule has 8 heteroatoms. The van der Waals surface area contributed by atoms with E-state index in [9.17, 15) is 4.79 Å². The van der Waals surface area contributed by atoms with Gasteiger partial charge in [0.2, 0.25) is 0 Å². The molecule has 1 aliphatic heterocycles. The highest BCUT2D eigenvalue weighted by atomic mass is 32.1. The van der Waals surface area contributed by atoms with Gasteiger partial charge in [0, 0.05) is 50.1 Å². The van der Waals surface area contributed by atoms with Gasteiger partial charge < -0.3 is 9.80 Å². The largest absolute Gasteiger partial charge is 0.353 e. The van der Waals surface area contributed by atoms with Crippen LogP contribution < -0.4 is 4.90 Å². The fraction of sp³-hybridized carbons (Fsp3) is 0.235. The molecule has 4 heterocycles. The molecule has 1 fully saturated rings. The molecule has 3 aromatic rings. The van der Waals surface area contributed by atoms with Crippen LogP contribution in [0.3, 0.4) is 0 Å². The molecule has 0 aliphatic carbocycles. The number of nitrogens with zero attached hydrogens (tertiary/aromatic N) is 6. The van der Waals surface area contributed by atoms with Gasteiger partial charge in [-0.1, -0.05) is 6.07 Å². The zero-order valence-corrected chi connectivity index (χ0v) is 14.3. The summed E-state index contributed by atoms with van der Waals surface area (Å²) >= 11 is 1.41. The summed E-state index contributed by atoms with van der Waals surface area (Å²) in [5.74, 6) is 0.917. The topological polar surface area (TPSA) is 75.1 Å². The first-order valence-corrected chi connectivity index (χ1v) is 8.86. The highest BCUT2D eigenvalue weighted by Gasteiger charge is 2.24. The van der Waals surface area contributed by atoms with Gasteiger partial charge in [0.25, 0.3) is 5.91 Å². The zero-order valence-electron chi connectivity index (χ0n) is 13.4. The number of aromatic nitrogens is 4. The van der Waals surface area contributed by atoms with Crippen molar-refractivity contribution in [1.29, 1.82) is 0 Å². The summed E-state index contributed by atoms with van der Waals surface area (Å²) in [6.45, 7) is 2.86. The average molecular weight is 352 g/mol. The summed E-state index contributed by atoms with van der Waals surface area (Å²) in [7, 11) is 0. The molecule has 0 N–H and O–H groups in total. The van der Waals surface area contributed by atoms with Gasteiger partial charge >= 0.3 is 0 Å². The maximum atomic E-state index is 12.7. The lowest BCUT2D eigenvalue weighted by atomic mass is 10.2. The summed E-state index contributed by atoms with van der Waals surface area (Å²) in [4.78, 5) is 33.8. The zero-order chi connectivity index (χ0) is 17.1. The smallest absolute Gasteiger partial charge is 0.273 e. The normalized spacial score (nSPS) is 14.6. The Hall–Kier alpha value is -2.87. The molecule has 0 aromatic carbocycles. The van der Waals surface area contributed by atoms with E-state index < -0.39 is 0 Å². The number of carbonyl (C=O) groups is 1. The summed E-state index contributed by atoms with van der Waals surface area (Å²) in [5.41, 5.74) is 1.16. The molecule has 126 valence electrons. The van der Waals surface area contributed by atoms with E-state index in [1.165, 1.54) is 11.3 Å². The van der Waals surface area contributed by atoms with Crippen LogP contribution in [0.2, 0.25) is 0 Å². The second-order valence-electron chi connectivity index (χ2n) is 5.60. The van der Waals surface area contributed by atoms with E-state index in [1.807, 2.05) is 23.1 Å². The van der Waals surface area contributed by atoms with Crippen LogP contribution in [0.25, 0.3) is 10.7 Å². The Morgan fingerprint density at radius 2 is 1.92 bits per heavy atom. The molecule has 0 radical (unpaired) electrons. The number of pyridine rings is 1. The molecule has 0 atom stereocenters. The molecule has 0 spiro atoms. The molecular formula is C17H16N6OS. The van der Waals surface area contributed by atoms with Gasteiger partial charge in [-0.25, -0.2) is 9.97 Å². The van der Waals surface area contributed by atoms with Crippen LogP contribution in [0.1, 0.15) is 10.5 Å². The minimum Gasteiger partial charge on any atom is -0.353 e. The minimum atomic E-state index is -0.0351. The first-order valence-electron chi connectivity index (χ1n) is 7.98. The molecule has 4 rings (SSSR count). The molecule has 7 nitrogen and oxygen atoms in total. The fourth-order valence-electron chi connectivity index (χ4n) is 2.74. The van der Waals surface area contributed by atoms with Crippen LogP contribution in [-0.4, -0.2) is 56.9 Å². The lowest BCUT2D eigenvalue weighted by Gasteiger charge is -2.35. The SMILES string of the molecule is O=C(c1csc(-c2cnccn2)n1)N1CCN(c2ccccn2)CC1. The molecule has 25 heavy (non-hydrogen) atoms. The number of hydrogen-bond donors (Lipinski definition) is 0. The van der Waals surface area contributed by atoms with Crippen LogP contribution >= 0.6 is 11.3 Å². The predicted octanol–water partition coefficient (Wildman–Crippen LogP) is 1.96. The second-order valence-corrected chi connectivity index (χ2v) is 6.45. The summed E-state index contributed by atoms with van der Waals surface area (Å²) in [5, 5.41) is 2.50. The lowest BCUT2D eigenvalue weighted by Crippen LogP contribution is -2.49. The first-order chi connectivity index (χ1) is 12.3. The third-order valence-electron chi connectivity index (χ3n) is 4.05. The Bertz CT molecular complexity index is 846. The van der Waals surface area contributed by atoms with Gasteiger partial charge in [-0.3, -0.25) is 14.8 Å². The third kappa shape index (κ3) is 3.34. The van der Waals surface area contributed by atoms with E-state index in [-0.39, 0.29) is 5.91 Å². The molecule has 0 bridgehead atoms. The van der Waals surface area contributed by atoms with Crippen molar-refractivity contribution >= 4 is 23.1 Å². The van der Waals surface area contributed by atoms with E-state index in [1.54, 1.807) is 30.2 Å². The maximum Gasteiger partial charge on any atom is 0.273 e. The Labute approximate surface area is 149 Å². The Morgan fingerprint density at radius 1 is 1.04 bits per heavy atom. The fourth-order valence-corrected chi connectivity index (χ4v) is 3.49. The number of thiazole rings is 1. The van der Waals surface area contributed by atoms with E-state index in [2.05, 4.69) is 24.8 Å². The van der Waals surface area contributed by atoms with Crippen molar-refractivity contribution in [2.24, 2.45) is 0 Å². The number of rotatable bonds is 3. The van der Waals surface area contributed by atoms with Crippen molar-refractivity contribution in [2.75, 3.05) is 31.1 Å². The van der Waals surface area contributed by atoms with Gasteiger partial charge in [-0.2, -0.15) is 0 Å². The summed E-state index contributed by atoms with van der Waals surface area (Å²) < 4.78 is 0. The van der Waals surface area contributed by atoms with Crippen molar-refractivity contribution in [2.45, 2.75) is 0 Å². The van der Waals surface area contributed by atoms with Gasteiger partial charge in [-0.05, 0) is 12.1 Å². The highest BCUT2D eigenvalue weighted by molar-refractivity contribution is 7.13. The standard InChI is InChI=1S/C17H16N6OS/c24-17(14-12-25-16(21-14)13-11-18-5-6-19-13)23-9-7-22(8-10-23)15-3-1-2-4-20-15/h1-6,11-12H,7-10H2. The van der Waals surface area contributed by atoms with E-state index in [0.717, 1.165) is 18.9 Å². The average Bonchev–Trinajstić information content (AvgIpc) is 3.19. The number of hydrogen-bond acceptors (Lipinski definition) is 7. The van der Waals surface area contributed by atoms with Crippen LogP contribution in [0.4, 0.5) is 5.82 Å². The predicted molar refractivity (Wildman–Crippen MR) is 95.5 cm³/mol. The van der Waals surface area contributed by atoms with Crippen molar-refractivity contribution < 1.29 is 4.79 Å². The van der Waals surface area contributed by atoms with Crippen LogP contribution in [0, 0.1) is 0 Å². The number of amides is 1. The molecule has 3 aromatic heterocycles. The number of anilines is 1.